The number of hydrogen-bond acceptors (Lipinski definition) is 5. The third-order valence-corrected chi connectivity index (χ3v) is 5.97. The molecule has 3 N–H and O–H groups in total. The van der Waals surface area contributed by atoms with Crippen molar-refractivity contribution in [3.05, 3.63) is 71.8 Å². The van der Waals surface area contributed by atoms with Crippen LogP contribution in [0.5, 0.6) is 5.75 Å². The number of thioether (sulfide) groups is 1. The summed E-state index contributed by atoms with van der Waals surface area (Å²) in [5.41, 5.74) is 1.31. The number of nitrogens with zero attached hydrogens (tertiary/aromatic N) is 1. The van der Waals surface area contributed by atoms with Crippen molar-refractivity contribution in [3.63, 3.8) is 0 Å². The number of amides is 2. The zero-order chi connectivity index (χ0) is 22.3. The van der Waals surface area contributed by atoms with Crippen LogP contribution in [-0.4, -0.2) is 57.1 Å². The fourth-order valence-corrected chi connectivity index (χ4v) is 4.36. The molecule has 1 fully saturated rings. The number of phosphoric ester groups is 1. The third kappa shape index (κ3) is 7.25. The average molecular weight is 462 g/mol. The lowest BCUT2D eigenvalue weighted by atomic mass is 10.2. The Kier molecular flexibility index (Phi) is 7.92. The Hall–Kier alpha value is -2.58. The van der Waals surface area contributed by atoms with Crippen LogP contribution in [0.2, 0.25) is 0 Å². The molecule has 1 saturated heterocycles. The van der Waals surface area contributed by atoms with Crippen LogP contribution in [0.4, 0.5) is 0 Å². The van der Waals surface area contributed by atoms with Crippen LogP contribution in [0.15, 0.2) is 60.7 Å². The molecule has 1 aliphatic rings. The Labute approximate surface area is 184 Å². The van der Waals surface area contributed by atoms with Gasteiger partial charge in [-0.25, -0.2) is 4.57 Å². The van der Waals surface area contributed by atoms with Gasteiger partial charge >= 0.3 is 7.82 Å². The van der Waals surface area contributed by atoms with Gasteiger partial charge in [-0.1, -0.05) is 42.5 Å². The van der Waals surface area contributed by atoms with Gasteiger partial charge in [-0.05, 0) is 29.8 Å². The van der Waals surface area contributed by atoms with Crippen molar-refractivity contribution >= 4 is 37.5 Å². The van der Waals surface area contributed by atoms with E-state index in [1.165, 1.54) is 24.3 Å². The highest BCUT2D eigenvalue weighted by molar-refractivity contribution is 7.99. The summed E-state index contributed by atoms with van der Waals surface area (Å²) < 4.78 is 15.3. The molecule has 0 radical (unpaired) electrons. The maximum absolute atomic E-state index is 12.9. The quantitative estimate of drug-likeness (QED) is 0.542. The molecule has 2 aromatic rings. The first-order chi connectivity index (χ1) is 14.8. The Morgan fingerprint density at radius 1 is 1.19 bits per heavy atom. The van der Waals surface area contributed by atoms with Gasteiger partial charge in [0.1, 0.15) is 11.8 Å². The average Bonchev–Trinajstić information content (AvgIpc) is 2.90. The Bertz CT molecular complexity index is 977. The van der Waals surface area contributed by atoms with Gasteiger partial charge in [-0.15, -0.1) is 0 Å². The molecular formula is C21H23N2O6PS. The minimum Gasteiger partial charge on any atom is -0.404 e. The van der Waals surface area contributed by atoms with E-state index in [1.54, 1.807) is 16.7 Å². The van der Waals surface area contributed by atoms with Crippen molar-refractivity contribution in [3.8, 4) is 5.75 Å². The van der Waals surface area contributed by atoms with Crippen LogP contribution in [0.25, 0.3) is 6.08 Å². The molecular weight excluding hydrogens is 439 g/mol. The van der Waals surface area contributed by atoms with E-state index in [2.05, 4.69) is 9.84 Å². The van der Waals surface area contributed by atoms with E-state index in [0.717, 1.165) is 11.3 Å². The molecule has 0 unspecified atom stereocenters. The van der Waals surface area contributed by atoms with Gasteiger partial charge in [0.15, 0.2) is 0 Å². The van der Waals surface area contributed by atoms with E-state index in [-0.39, 0.29) is 17.2 Å². The predicted octanol–water partition coefficient (Wildman–Crippen LogP) is 2.55. The molecule has 0 saturated carbocycles. The summed E-state index contributed by atoms with van der Waals surface area (Å²) in [6, 6.07) is 14.5. The summed E-state index contributed by atoms with van der Waals surface area (Å²) in [5, 5.41) is 2.76. The van der Waals surface area contributed by atoms with E-state index < -0.39 is 19.8 Å². The van der Waals surface area contributed by atoms with Crippen molar-refractivity contribution < 1.29 is 28.5 Å². The van der Waals surface area contributed by atoms with E-state index in [9.17, 15) is 14.2 Å². The predicted molar refractivity (Wildman–Crippen MR) is 120 cm³/mol. The van der Waals surface area contributed by atoms with Gasteiger partial charge in [0, 0.05) is 30.2 Å². The van der Waals surface area contributed by atoms with Crippen LogP contribution in [0.3, 0.4) is 0 Å². The van der Waals surface area contributed by atoms with E-state index in [1.807, 2.05) is 42.5 Å². The molecule has 0 aliphatic carbocycles. The van der Waals surface area contributed by atoms with Gasteiger partial charge in [0.2, 0.25) is 5.91 Å². The van der Waals surface area contributed by atoms with E-state index >= 15 is 0 Å². The molecule has 0 spiro atoms. The number of hydrogen-bond donors (Lipinski definition) is 3. The summed E-state index contributed by atoms with van der Waals surface area (Å²) in [6.45, 7) is 1.05. The number of rotatable bonds is 7. The van der Waals surface area contributed by atoms with Crippen LogP contribution >= 0.6 is 19.6 Å². The van der Waals surface area contributed by atoms with Crippen LogP contribution in [-0.2, 0) is 9.36 Å². The smallest absolute Gasteiger partial charge is 0.404 e. The summed E-state index contributed by atoms with van der Waals surface area (Å²) >= 11 is 1.60. The first kappa shape index (κ1) is 23.1. The summed E-state index contributed by atoms with van der Waals surface area (Å²) in [4.78, 5) is 44.9. The molecule has 1 aliphatic heterocycles. The number of benzene rings is 2. The molecule has 3 rings (SSSR count). The molecule has 10 heteroatoms. The van der Waals surface area contributed by atoms with Gasteiger partial charge in [-0.2, -0.15) is 11.8 Å². The van der Waals surface area contributed by atoms with Gasteiger partial charge < -0.3 is 14.7 Å². The molecule has 1 heterocycles. The van der Waals surface area contributed by atoms with Crippen LogP contribution in [0, 0.1) is 0 Å². The monoisotopic (exact) mass is 462 g/mol. The lowest BCUT2D eigenvalue weighted by Gasteiger charge is -2.23. The number of carbonyl (C=O) groups excluding carboxylic acids is 2. The first-order valence-corrected chi connectivity index (χ1v) is 12.2. The Morgan fingerprint density at radius 2 is 1.90 bits per heavy atom. The second kappa shape index (κ2) is 10.6. The number of phosphoric acid groups is 1. The topological polar surface area (TPSA) is 116 Å². The second-order valence-electron chi connectivity index (χ2n) is 6.80. The van der Waals surface area contributed by atoms with E-state index in [4.69, 9.17) is 9.79 Å². The number of carbonyl (C=O) groups is 2. The lowest BCUT2D eigenvalue weighted by molar-refractivity contribution is -0.131. The van der Waals surface area contributed by atoms with Crippen molar-refractivity contribution in [2.24, 2.45) is 0 Å². The van der Waals surface area contributed by atoms with Crippen molar-refractivity contribution in [1.82, 2.24) is 10.2 Å². The minimum atomic E-state index is -4.66. The molecule has 0 aromatic heterocycles. The Morgan fingerprint density at radius 3 is 2.58 bits per heavy atom. The highest BCUT2D eigenvalue weighted by Crippen LogP contribution is 2.37. The largest absolute Gasteiger partial charge is 0.524 e. The van der Waals surface area contributed by atoms with E-state index in [0.29, 0.717) is 18.8 Å². The highest BCUT2D eigenvalue weighted by Gasteiger charge is 2.28. The zero-order valence-corrected chi connectivity index (χ0v) is 18.3. The first-order valence-electron chi connectivity index (χ1n) is 9.56. The summed E-state index contributed by atoms with van der Waals surface area (Å²) in [7, 11) is -4.66. The molecule has 8 nitrogen and oxygen atoms in total. The molecule has 1 atom stereocenters. The van der Waals surface area contributed by atoms with Crippen molar-refractivity contribution in [2.45, 2.75) is 6.04 Å². The van der Waals surface area contributed by atoms with Gasteiger partial charge in [0.25, 0.3) is 5.91 Å². The zero-order valence-electron chi connectivity index (χ0n) is 16.6. The third-order valence-electron chi connectivity index (χ3n) is 4.48. The summed E-state index contributed by atoms with van der Waals surface area (Å²) in [6.07, 6.45) is 3.89. The molecule has 164 valence electrons. The van der Waals surface area contributed by atoms with Gasteiger partial charge in [0.05, 0.1) is 0 Å². The fraction of sp³-hybridized carbons (Fsp3) is 0.238. The lowest BCUT2D eigenvalue weighted by Crippen LogP contribution is -2.49. The maximum atomic E-state index is 12.9. The standard InChI is InChI=1S/C21H23N2O6PS/c24-20(17-8-10-18(11-9-17)29-30(26,27)28)22-19-15-31-14-13-23(21(19)25)12-4-7-16-5-2-1-3-6-16/h1-11,19H,12-15H2,(H,22,24)(H2,26,27,28)/t19-/m0/s1. The normalized spacial score (nSPS) is 17.4. The molecule has 31 heavy (non-hydrogen) atoms. The Balaban J connectivity index is 1.60. The molecule has 2 aromatic carbocycles. The van der Waals surface area contributed by atoms with Crippen LogP contribution < -0.4 is 9.84 Å². The van der Waals surface area contributed by atoms with Crippen molar-refractivity contribution in [1.29, 1.82) is 0 Å². The summed E-state index contributed by atoms with van der Waals surface area (Å²) in [5.74, 6) is 0.623. The second-order valence-corrected chi connectivity index (χ2v) is 9.12. The van der Waals surface area contributed by atoms with Crippen molar-refractivity contribution in [2.75, 3.05) is 24.6 Å². The molecule has 2 amide bonds. The van der Waals surface area contributed by atoms with Gasteiger partial charge in [-0.3, -0.25) is 19.4 Å². The molecule has 0 bridgehead atoms. The fourth-order valence-electron chi connectivity index (χ4n) is 2.99. The SMILES string of the molecule is O=C(N[C@H]1CSCCN(CC=Cc2ccccc2)C1=O)c1ccc(OP(=O)(O)O)cc1. The number of nitrogens with one attached hydrogen (secondary N) is 1. The highest BCUT2D eigenvalue weighted by atomic mass is 32.2. The minimum absolute atomic E-state index is 0.0534. The maximum Gasteiger partial charge on any atom is 0.524 e. The van der Waals surface area contributed by atoms with Crippen LogP contribution in [0.1, 0.15) is 15.9 Å².